The summed E-state index contributed by atoms with van der Waals surface area (Å²) in [4.78, 5) is 4.48. The maximum Gasteiger partial charge on any atom is 0.209 e. The van der Waals surface area contributed by atoms with Gasteiger partial charge in [-0.2, -0.15) is 0 Å². The highest BCUT2D eigenvalue weighted by molar-refractivity contribution is 7.98. The summed E-state index contributed by atoms with van der Waals surface area (Å²) in [7, 11) is 0. The number of rotatable bonds is 4. The first-order valence-electron chi connectivity index (χ1n) is 6.57. The second-order valence-corrected chi connectivity index (χ2v) is 5.69. The van der Waals surface area contributed by atoms with E-state index in [1.54, 1.807) is 12.1 Å². The number of benzene rings is 2. The maximum atomic E-state index is 12.8. The number of hydrogen-bond donors (Lipinski definition) is 1. The molecule has 0 spiro atoms. The van der Waals surface area contributed by atoms with E-state index in [4.69, 9.17) is 0 Å². The van der Waals surface area contributed by atoms with Gasteiger partial charge >= 0.3 is 0 Å². The zero-order valence-electron chi connectivity index (χ0n) is 11.5. The fourth-order valence-electron chi connectivity index (χ4n) is 1.96. The highest BCUT2D eigenvalue weighted by Gasteiger charge is 2.06. The molecule has 1 heterocycles. The lowest BCUT2D eigenvalue weighted by Crippen LogP contribution is -1.83. The number of H-pyrrole nitrogens is 1. The summed E-state index contributed by atoms with van der Waals surface area (Å²) in [6.45, 7) is 2.05. The molecule has 1 aromatic heterocycles. The molecule has 5 heteroatoms. The third-order valence-corrected chi connectivity index (χ3v) is 3.96. The number of aromatic amines is 1. The summed E-state index contributed by atoms with van der Waals surface area (Å²) in [5.74, 6) is 1.26. The second kappa shape index (κ2) is 6.10. The van der Waals surface area contributed by atoms with Gasteiger partial charge in [-0.1, -0.05) is 47.7 Å². The molecular weight excluding hydrogens is 285 g/mol. The molecular formula is C16H14FN3S. The first-order chi connectivity index (χ1) is 10.2. The number of halogens is 1. The van der Waals surface area contributed by atoms with Crippen molar-refractivity contribution in [2.45, 2.75) is 17.8 Å². The van der Waals surface area contributed by atoms with Crippen molar-refractivity contribution in [3.8, 4) is 11.4 Å². The van der Waals surface area contributed by atoms with Gasteiger partial charge in [-0.05, 0) is 30.7 Å². The van der Waals surface area contributed by atoms with Crippen LogP contribution in [-0.2, 0) is 5.75 Å². The minimum atomic E-state index is -0.219. The molecule has 3 aromatic rings. The molecule has 0 atom stereocenters. The summed E-state index contributed by atoms with van der Waals surface area (Å²) in [6.07, 6.45) is 0. The average molecular weight is 299 g/mol. The fourth-order valence-corrected chi connectivity index (χ4v) is 2.72. The van der Waals surface area contributed by atoms with Gasteiger partial charge in [-0.25, -0.2) is 9.37 Å². The molecule has 0 amide bonds. The number of nitrogens with one attached hydrogen (secondary N) is 1. The summed E-state index contributed by atoms with van der Waals surface area (Å²) in [5.41, 5.74) is 3.25. The van der Waals surface area contributed by atoms with E-state index in [1.807, 2.05) is 25.1 Å². The Morgan fingerprint density at radius 3 is 2.71 bits per heavy atom. The Labute approximate surface area is 126 Å². The smallest absolute Gasteiger partial charge is 0.209 e. The Morgan fingerprint density at radius 1 is 1.14 bits per heavy atom. The Kier molecular flexibility index (Phi) is 4.01. The van der Waals surface area contributed by atoms with Crippen molar-refractivity contribution in [2.24, 2.45) is 0 Å². The zero-order chi connectivity index (χ0) is 14.7. The summed E-state index contributed by atoms with van der Waals surface area (Å²) in [5, 5.41) is 7.85. The van der Waals surface area contributed by atoms with Crippen LogP contribution in [0.3, 0.4) is 0 Å². The predicted octanol–water partition coefficient (Wildman–Crippen LogP) is 4.21. The van der Waals surface area contributed by atoms with Crippen molar-refractivity contribution < 1.29 is 4.39 Å². The van der Waals surface area contributed by atoms with Crippen LogP contribution in [0.5, 0.6) is 0 Å². The Morgan fingerprint density at radius 2 is 1.95 bits per heavy atom. The van der Waals surface area contributed by atoms with Gasteiger partial charge in [0.1, 0.15) is 5.82 Å². The molecule has 0 fully saturated rings. The quantitative estimate of drug-likeness (QED) is 0.734. The lowest BCUT2D eigenvalue weighted by atomic mass is 10.1. The van der Waals surface area contributed by atoms with Crippen LogP contribution in [-0.4, -0.2) is 15.2 Å². The van der Waals surface area contributed by atoms with Crippen molar-refractivity contribution in [3.63, 3.8) is 0 Å². The molecule has 0 radical (unpaired) electrons. The van der Waals surface area contributed by atoms with E-state index in [2.05, 4.69) is 21.2 Å². The second-order valence-electron chi connectivity index (χ2n) is 4.75. The van der Waals surface area contributed by atoms with Gasteiger partial charge in [-0.3, -0.25) is 5.10 Å². The molecule has 2 aromatic carbocycles. The summed E-state index contributed by atoms with van der Waals surface area (Å²) < 4.78 is 12.8. The molecule has 1 N–H and O–H groups in total. The highest BCUT2D eigenvalue weighted by atomic mass is 32.2. The number of aromatic nitrogens is 3. The van der Waals surface area contributed by atoms with Crippen LogP contribution in [0.25, 0.3) is 11.4 Å². The van der Waals surface area contributed by atoms with E-state index in [-0.39, 0.29) is 5.82 Å². The lowest BCUT2D eigenvalue weighted by molar-refractivity contribution is 0.627. The van der Waals surface area contributed by atoms with Crippen molar-refractivity contribution in [1.29, 1.82) is 0 Å². The van der Waals surface area contributed by atoms with Gasteiger partial charge < -0.3 is 0 Å². The Balaban J connectivity index is 1.69. The first-order valence-corrected chi connectivity index (χ1v) is 7.56. The fraction of sp³-hybridized carbons (Fsp3) is 0.125. The van der Waals surface area contributed by atoms with E-state index >= 15 is 0 Å². The minimum absolute atomic E-state index is 0.219. The molecule has 0 aliphatic rings. The van der Waals surface area contributed by atoms with E-state index in [0.717, 1.165) is 17.0 Å². The van der Waals surface area contributed by atoms with Crippen LogP contribution in [0, 0.1) is 12.7 Å². The van der Waals surface area contributed by atoms with Crippen LogP contribution >= 0.6 is 11.8 Å². The molecule has 0 aliphatic heterocycles. The Bertz CT molecular complexity index is 737. The number of aryl methyl sites for hydroxylation is 1. The highest BCUT2D eigenvalue weighted by Crippen LogP contribution is 2.22. The molecule has 0 bridgehead atoms. The van der Waals surface area contributed by atoms with Crippen molar-refractivity contribution >= 4 is 11.8 Å². The third kappa shape index (κ3) is 3.49. The van der Waals surface area contributed by atoms with Crippen LogP contribution in [0.4, 0.5) is 4.39 Å². The molecule has 21 heavy (non-hydrogen) atoms. The standard InChI is InChI=1S/C16H14FN3S/c1-11-3-2-4-13(9-11)15-18-16(20-19-15)21-10-12-5-7-14(17)8-6-12/h2-9H,10H2,1H3,(H,18,19,20). The molecule has 106 valence electrons. The van der Waals surface area contributed by atoms with Gasteiger partial charge in [-0.15, -0.1) is 5.10 Å². The largest absolute Gasteiger partial charge is 0.258 e. The van der Waals surface area contributed by atoms with Crippen molar-refractivity contribution in [2.75, 3.05) is 0 Å². The van der Waals surface area contributed by atoms with Crippen molar-refractivity contribution in [1.82, 2.24) is 15.2 Å². The zero-order valence-corrected chi connectivity index (χ0v) is 12.3. The van der Waals surface area contributed by atoms with Crippen LogP contribution in [0.2, 0.25) is 0 Å². The minimum Gasteiger partial charge on any atom is -0.258 e. The van der Waals surface area contributed by atoms with Gasteiger partial charge in [0.25, 0.3) is 0 Å². The van der Waals surface area contributed by atoms with Gasteiger partial charge in [0.05, 0.1) is 0 Å². The van der Waals surface area contributed by atoms with E-state index in [1.165, 1.54) is 29.5 Å². The normalized spacial score (nSPS) is 10.8. The van der Waals surface area contributed by atoms with E-state index < -0.39 is 0 Å². The molecule has 3 rings (SSSR count). The number of nitrogens with zero attached hydrogens (tertiary/aromatic N) is 2. The predicted molar refractivity (Wildman–Crippen MR) is 82.5 cm³/mol. The van der Waals surface area contributed by atoms with Crippen LogP contribution in [0.1, 0.15) is 11.1 Å². The first kappa shape index (κ1) is 13.8. The number of hydrogen-bond acceptors (Lipinski definition) is 3. The maximum absolute atomic E-state index is 12.8. The molecule has 3 nitrogen and oxygen atoms in total. The Hall–Kier alpha value is -2.14. The summed E-state index contributed by atoms with van der Waals surface area (Å²) in [6, 6.07) is 14.6. The number of thioether (sulfide) groups is 1. The van der Waals surface area contributed by atoms with Gasteiger partial charge in [0.2, 0.25) is 5.16 Å². The third-order valence-electron chi connectivity index (χ3n) is 3.04. The monoisotopic (exact) mass is 299 g/mol. The molecule has 0 unspecified atom stereocenters. The topological polar surface area (TPSA) is 41.6 Å². The summed E-state index contributed by atoms with van der Waals surface area (Å²) >= 11 is 1.52. The van der Waals surface area contributed by atoms with Crippen LogP contribution in [0.15, 0.2) is 53.7 Å². The van der Waals surface area contributed by atoms with Gasteiger partial charge in [0, 0.05) is 11.3 Å². The molecule has 0 saturated carbocycles. The van der Waals surface area contributed by atoms with E-state index in [9.17, 15) is 4.39 Å². The van der Waals surface area contributed by atoms with E-state index in [0.29, 0.717) is 10.9 Å². The molecule has 0 saturated heterocycles. The van der Waals surface area contributed by atoms with Crippen molar-refractivity contribution in [3.05, 3.63) is 65.5 Å². The average Bonchev–Trinajstić information content (AvgIpc) is 2.96. The van der Waals surface area contributed by atoms with Gasteiger partial charge in [0.15, 0.2) is 5.82 Å². The molecule has 0 aliphatic carbocycles. The lowest BCUT2D eigenvalue weighted by Gasteiger charge is -1.98. The SMILES string of the molecule is Cc1cccc(-c2nc(SCc3ccc(F)cc3)n[nH]2)c1. The van der Waals surface area contributed by atoms with Crippen LogP contribution < -0.4 is 0 Å².